The molecule has 0 radical (unpaired) electrons. The molecule has 1 amide bonds. The molecule has 174 valence electrons. The van der Waals surface area contributed by atoms with Crippen LogP contribution in [0, 0.1) is 0 Å². The Bertz CT molecular complexity index is 1150. The minimum Gasteiger partial charge on any atom is -0.494 e. The van der Waals surface area contributed by atoms with Crippen LogP contribution in [0.15, 0.2) is 78.9 Å². The number of hydrogen-bond acceptors (Lipinski definition) is 5. The molecule has 0 spiro atoms. The Kier molecular flexibility index (Phi) is 7.95. The summed E-state index contributed by atoms with van der Waals surface area (Å²) >= 11 is 0. The summed E-state index contributed by atoms with van der Waals surface area (Å²) in [5.41, 5.74) is 1.27. The fourth-order valence-corrected chi connectivity index (χ4v) is 4.08. The average Bonchev–Trinajstić information content (AvgIpc) is 2.79. The molecular weight excluding hydrogens is 440 g/mol. The van der Waals surface area contributed by atoms with Gasteiger partial charge >= 0.3 is 0 Å². The smallest absolute Gasteiger partial charge is 0.241 e. The van der Waals surface area contributed by atoms with Crippen LogP contribution in [0.3, 0.4) is 0 Å². The molecule has 0 aliphatic carbocycles. The summed E-state index contributed by atoms with van der Waals surface area (Å²) in [6, 6.07) is 23.0. The first-order valence-corrected chi connectivity index (χ1v) is 12.4. The number of ether oxygens (including phenoxy) is 2. The maximum Gasteiger partial charge on any atom is 0.241 e. The number of carbonyl (C=O) groups is 1. The summed E-state index contributed by atoms with van der Waals surface area (Å²) in [5, 5.41) is 2.85. The van der Waals surface area contributed by atoms with E-state index in [1.54, 1.807) is 24.3 Å². The van der Waals surface area contributed by atoms with Gasteiger partial charge in [0.15, 0.2) is 0 Å². The second kappa shape index (κ2) is 10.9. The van der Waals surface area contributed by atoms with Gasteiger partial charge in [-0.3, -0.25) is 9.10 Å². The van der Waals surface area contributed by atoms with Crippen molar-refractivity contribution in [3.05, 3.63) is 84.4 Å². The van der Waals surface area contributed by atoms with Crippen LogP contribution in [-0.2, 0) is 14.8 Å². The van der Waals surface area contributed by atoms with Crippen molar-refractivity contribution in [2.45, 2.75) is 19.9 Å². The lowest BCUT2D eigenvalue weighted by atomic mass is 10.1. The molecule has 0 heterocycles. The van der Waals surface area contributed by atoms with E-state index in [1.807, 2.05) is 68.4 Å². The lowest BCUT2D eigenvalue weighted by molar-refractivity contribution is -0.120. The monoisotopic (exact) mass is 468 g/mol. The Morgan fingerprint density at radius 3 is 2.06 bits per heavy atom. The molecule has 1 N–H and O–H groups in total. The highest BCUT2D eigenvalue weighted by atomic mass is 32.2. The molecule has 0 aliphatic heterocycles. The molecule has 8 heteroatoms. The molecule has 0 aliphatic rings. The summed E-state index contributed by atoms with van der Waals surface area (Å²) in [6.07, 6.45) is 1.07. The minimum absolute atomic E-state index is 0.295. The van der Waals surface area contributed by atoms with E-state index < -0.39 is 15.9 Å². The number of hydrogen-bond donors (Lipinski definition) is 1. The Balaban J connectivity index is 1.67. The predicted molar refractivity (Wildman–Crippen MR) is 129 cm³/mol. The Morgan fingerprint density at radius 2 is 1.48 bits per heavy atom. The van der Waals surface area contributed by atoms with E-state index in [1.165, 1.54) is 0 Å². The normalized spacial score (nSPS) is 12.0. The number of nitrogens with zero attached hydrogens (tertiary/aromatic N) is 1. The van der Waals surface area contributed by atoms with Crippen molar-refractivity contribution in [2.75, 3.05) is 23.7 Å². The fraction of sp³-hybridized carbons (Fsp3) is 0.240. The zero-order valence-corrected chi connectivity index (χ0v) is 19.7. The van der Waals surface area contributed by atoms with E-state index in [0.29, 0.717) is 23.8 Å². The van der Waals surface area contributed by atoms with Crippen molar-refractivity contribution in [3.8, 4) is 17.2 Å². The summed E-state index contributed by atoms with van der Waals surface area (Å²) in [6.45, 7) is 3.99. The standard InChI is InChI=1S/C25H28N2O5S/c1-4-31-22-14-10-20(11-15-22)19(2)26-25(28)18-27(33(3,29)30)21-12-16-24(17-13-21)32-23-8-6-5-7-9-23/h5-17,19H,4,18H2,1-3H3,(H,26,28)/t19-/m0/s1. The number of carbonyl (C=O) groups excluding carboxylic acids is 1. The average molecular weight is 469 g/mol. The van der Waals surface area contributed by atoms with E-state index in [-0.39, 0.29) is 12.6 Å². The van der Waals surface area contributed by atoms with Crippen LogP contribution in [0.5, 0.6) is 17.2 Å². The summed E-state index contributed by atoms with van der Waals surface area (Å²) in [4.78, 5) is 12.7. The van der Waals surface area contributed by atoms with Crippen molar-refractivity contribution in [1.82, 2.24) is 5.32 Å². The quantitative estimate of drug-likeness (QED) is 0.473. The van der Waals surface area contributed by atoms with Gasteiger partial charge in [0.05, 0.1) is 24.6 Å². The van der Waals surface area contributed by atoms with Gasteiger partial charge in [-0.2, -0.15) is 0 Å². The second-order valence-corrected chi connectivity index (χ2v) is 9.38. The molecule has 3 aromatic carbocycles. The lowest BCUT2D eigenvalue weighted by Gasteiger charge is -2.23. The molecule has 0 saturated heterocycles. The van der Waals surface area contributed by atoms with Gasteiger partial charge in [-0.05, 0) is 67.9 Å². The molecule has 0 bridgehead atoms. The van der Waals surface area contributed by atoms with Gasteiger partial charge in [0.2, 0.25) is 15.9 Å². The van der Waals surface area contributed by atoms with E-state index >= 15 is 0 Å². The van der Waals surface area contributed by atoms with Crippen LogP contribution < -0.4 is 19.1 Å². The van der Waals surface area contributed by atoms with Crippen LogP contribution in [0.1, 0.15) is 25.5 Å². The highest BCUT2D eigenvalue weighted by Crippen LogP contribution is 2.25. The zero-order chi connectivity index (χ0) is 23.8. The van der Waals surface area contributed by atoms with E-state index in [0.717, 1.165) is 21.9 Å². The molecule has 1 atom stereocenters. The molecule has 3 rings (SSSR count). The summed E-state index contributed by atoms with van der Waals surface area (Å²) in [5.74, 6) is 1.58. The predicted octanol–water partition coefficient (Wildman–Crippen LogP) is 4.52. The van der Waals surface area contributed by atoms with Gasteiger partial charge in [0.25, 0.3) is 0 Å². The maximum atomic E-state index is 12.7. The van der Waals surface area contributed by atoms with E-state index in [9.17, 15) is 13.2 Å². The lowest BCUT2D eigenvalue weighted by Crippen LogP contribution is -2.41. The summed E-state index contributed by atoms with van der Waals surface area (Å²) < 4.78 is 37.0. The third-order valence-electron chi connectivity index (χ3n) is 4.86. The van der Waals surface area contributed by atoms with E-state index in [2.05, 4.69) is 5.32 Å². The molecule has 0 aromatic heterocycles. The fourth-order valence-electron chi connectivity index (χ4n) is 3.23. The van der Waals surface area contributed by atoms with Crippen molar-refractivity contribution in [1.29, 1.82) is 0 Å². The Morgan fingerprint density at radius 1 is 0.909 bits per heavy atom. The first-order valence-electron chi connectivity index (χ1n) is 10.6. The first kappa shape index (κ1) is 24.1. The highest BCUT2D eigenvalue weighted by Gasteiger charge is 2.22. The number of para-hydroxylation sites is 1. The van der Waals surface area contributed by atoms with Gasteiger partial charge in [-0.1, -0.05) is 30.3 Å². The molecule has 0 saturated carbocycles. The number of benzene rings is 3. The third kappa shape index (κ3) is 6.98. The number of anilines is 1. The number of amides is 1. The highest BCUT2D eigenvalue weighted by molar-refractivity contribution is 7.92. The van der Waals surface area contributed by atoms with Crippen molar-refractivity contribution in [3.63, 3.8) is 0 Å². The van der Waals surface area contributed by atoms with Crippen LogP contribution in [0.2, 0.25) is 0 Å². The molecular formula is C25H28N2O5S. The summed E-state index contributed by atoms with van der Waals surface area (Å²) in [7, 11) is -3.68. The molecule has 33 heavy (non-hydrogen) atoms. The van der Waals surface area contributed by atoms with Crippen LogP contribution in [0.4, 0.5) is 5.69 Å². The number of sulfonamides is 1. The van der Waals surface area contributed by atoms with Gasteiger partial charge < -0.3 is 14.8 Å². The SMILES string of the molecule is CCOc1ccc([C@H](C)NC(=O)CN(c2ccc(Oc3ccccc3)cc2)S(C)(=O)=O)cc1. The minimum atomic E-state index is -3.68. The van der Waals surface area contributed by atoms with Crippen molar-refractivity contribution >= 4 is 21.6 Å². The largest absolute Gasteiger partial charge is 0.494 e. The van der Waals surface area contributed by atoms with E-state index in [4.69, 9.17) is 9.47 Å². The number of rotatable bonds is 10. The Labute approximate surface area is 195 Å². The van der Waals surface area contributed by atoms with Crippen LogP contribution >= 0.6 is 0 Å². The van der Waals surface area contributed by atoms with Gasteiger partial charge in [0.1, 0.15) is 23.8 Å². The van der Waals surface area contributed by atoms with Crippen molar-refractivity contribution < 1.29 is 22.7 Å². The van der Waals surface area contributed by atoms with Crippen LogP contribution in [-0.4, -0.2) is 33.7 Å². The number of nitrogens with one attached hydrogen (secondary N) is 1. The van der Waals surface area contributed by atoms with Crippen molar-refractivity contribution in [2.24, 2.45) is 0 Å². The maximum absolute atomic E-state index is 12.7. The third-order valence-corrected chi connectivity index (χ3v) is 6.00. The first-order chi connectivity index (χ1) is 15.8. The van der Waals surface area contributed by atoms with Crippen LogP contribution in [0.25, 0.3) is 0 Å². The second-order valence-electron chi connectivity index (χ2n) is 7.47. The Hall–Kier alpha value is -3.52. The topological polar surface area (TPSA) is 84.9 Å². The molecule has 3 aromatic rings. The molecule has 7 nitrogen and oxygen atoms in total. The van der Waals surface area contributed by atoms with Gasteiger partial charge in [-0.25, -0.2) is 8.42 Å². The van der Waals surface area contributed by atoms with Gasteiger partial charge in [-0.15, -0.1) is 0 Å². The zero-order valence-electron chi connectivity index (χ0n) is 18.9. The molecule has 0 fully saturated rings. The van der Waals surface area contributed by atoms with Gasteiger partial charge in [0, 0.05) is 0 Å². The molecule has 0 unspecified atom stereocenters.